The van der Waals surface area contributed by atoms with Gasteiger partial charge in [0.25, 0.3) is 0 Å². The van der Waals surface area contributed by atoms with Crippen molar-refractivity contribution in [3.05, 3.63) is 0 Å². The molecule has 0 aliphatic rings. The van der Waals surface area contributed by atoms with Crippen molar-refractivity contribution in [2.45, 2.75) is 19.8 Å². The van der Waals surface area contributed by atoms with Gasteiger partial charge >= 0.3 is 22.4 Å². The van der Waals surface area contributed by atoms with Crippen molar-refractivity contribution in [3.63, 3.8) is 0 Å². The van der Waals surface area contributed by atoms with Crippen molar-refractivity contribution < 1.29 is 27.2 Å². The molecule has 0 N–H and O–H groups in total. The third-order valence-electron chi connectivity index (χ3n) is 0.454. The molecule has 3 heteroatoms. The van der Waals surface area contributed by atoms with Crippen LogP contribution in [-0.2, 0) is 39.8 Å². The van der Waals surface area contributed by atoms with E-state index < -0.39 is 0 Å². The van der Waals surface area contributed by atoms with Crippen LogP contribution in [0.3, 0.4) is 0 Å². The molecule has 0 amide bonds. The Bertz CT molecular complexity index is 55.7. The molecule has 0 spiro atoms. The topological polar surface area (TPSA) is 17.1 Å². The van der Waals surface area contributed by atoms with Gasteiger partial charge in [-0.1, -0.05) is 13.3 Å². The fourth-order valence-corrected chi connectivity index (χ4v) is 0.408. The van der Waals surface area contributed by atoms with Crippen LogP contribution < -0.4 is 0 Å². The molecular weight excluding hydrogens is 293 g/mol. The molecule has 0 unspecified atom stereocenters. The molecule has 0 atom stereocenters. The van der Waals surface area contributed by atoms with E-state index in [0.29, 0.717) is 6.42 Å². The first-order valence-electron chi connectivity index (χ1n) is 1.97. The maximum atomic E-state index is 9.86. The summed E-state index contributed by atoms with van der Waals surface area (Å²) in [7, 11) is 0. The van der Waals surface area contributed by atoms with E-state index in [1.807, 2.05) is 6.92 Å². The van der Waals surface area contributed by atoms with E-state index in [0.717, 1.165) is 6.42 Å². The molecule has 0 fully saturated rings. The number of hydrogen-bond acceptors (Lipinski definition) is 2. The summed E-state index contributed by atoms with van der Waals surface area (Å²) in [5, 5.41) is -0.127. The Morgan fingerprint density at radius 2 is 2.14 bits per heavy atom. The van der Waals surface area contributed by atoms with Gasteiger partial charge in [0.05, 0.1) is 0 Å². The van der Waals surface area contributed by atoms with E-state index in [4.69, 9.17) is 0 Å². The Balaban J connectivity index is 0. The monoisotopic (exact) mass is 300 g/mol. The molecule has 7 heavy (non-hydrogen) atoms. The molecule has 0 saturated heterocycles. The molecule has 0 aromatic heterocycles. The van der Waals surface area contributed by atoms with Gasteiger partial charge in [-0.2, -0.15) is 0 Å². The third-order valence-corrected chi connectivity index (χ3v) is 0.658. The summed E-state index contributed by atoms with van der Waals surface area (Å²) in [4.78, 5) is 9.86. The van der Waals surface area contributed by atoms with Gasteiger partial charge in [0.2, 0.25) is 0 Å². The Labute approximate surface area is 64.8 Å². The third kappa shape index (κ3) is 10.8. The van der Waals surface area contributed by atoms with Gasteiger partial charge < -0.3 is 17.4 Å². The summed E-state index contributed by atoms with van der Waals surface area (Å²) in [6.45, 7) is 1.93. The number of carbonyl (C=O) groups is 1. The van der Waals surface area contributed by atoms with Crippen LogP contribution in [0.25, 0.3) is 0 Å². The van der Waals surface area contributed by atoms with Crippen LogP contribution in [0.15, 0.2) is 0 Å². The van der Waals surface area contributed by atoms with E-state index in [-0.39, 0.29) is 27.5 Å². The standard InChI is InChI=1S/C4H8OS.Au/c1-2-3-4(5)6;/h2-3H2,1H3,(H,5,6);/q;+1/p-1. The van der Waals surface area contributed by atoms with Gasteiger partial charge in [-0.3, -0.25) is 0 Å². The summed E-state index contributed by atoms with van der Waals surface area (Å²) in [5.41, 5.74) is 0. The zero-order chi connectivity index (χ0) is 4.99. The predicted octanol–water partition coefficient (Wildman–Crippen LogP) is 0.857. The van der Waals surface area contributed by atoms with Crippen molar-refractivity contribution in [2.75, 3.05) is 0 Å². The predicted molar refractivity (Wildman–Crippen MR) is 27.3 cm³/mol. The normalized spacial score (nSPS) is 7.00. The summed E-state index contributed by atoms with van der Waals surface area (Å²) < 4.78 is 0. The zero-order valence-electron chi connectivity index (χ0n) is 4.03. The van der Waals surface area contributed by atoms with Crippen molar-refractivity contribution in [1.29, 1.82) is 0 Å². The minimum absolute atomic E-state index is 0. The van der Waals surface area contributed by atoms with E-state index in [1.54, 1.807) is 0 Å². The van der Waals surface area contributed by atoms with Gasteiger partial charge in [0, 0.05) is 5.12 Å². The molecule has 0 rings (SSSR count). The first kappa shape index (κ1) is 10.6. The maximum Gasteiger partial charge on any atom is 1.00 e. The maximum absolute atomic E-state index is 9.86. The fourth-order valence-electron chi connectivity index (χ4n) is 0.204. The first-order chi connectivity index (χ1) is 2.77. The molecule has 1 nitrogen and oxygen atoms in total. The Morgan fingerprint density at radius 3 is 2.14 bits per heavy atom. The van der Waals surface area contributed by atoms with Crippen molar-refractivity contribution in [2.24, 2.45) is 0 Å². The van der Waals surface area contributed by atoms with Crippen LogP contribution >= 0.6 is 0 Å². The molecule has 0 aliphatic carbocycles. The molecule has 0 aliphatic heterocycles. The second-order valence-electron chi connectivity index (χ2n) is 1.12. The number of hydrogen-bond donors (Lipinski definition) is 0. The Morgan fingerprint density at radius 1 is 1.71 bits per heavy atom. The summed E-state index contributed by atoms with van der Waals surface area (Å²) >= 11 is 4.24. The average molecular weight is 300 g/mol. The number of carbonyl (C=O) groups excluding carboxylic acids is 1. The molecule has 46 valence electrons. The largest absolute Gasteiger partial charge is 1.00 e. The van der Waals surface area contributed by atoms with E-state index in [2.05, 4.69) is 12.6 Å². The number of rotatable bonds is 2. The zero-order valence-corrected chi connectivity index (χ0v) is 7.02. The van der Waals surface area contributed by atoms with Gasteiger partial charge in [0.1, 0.15) is 0 Å². The molecule has 0 heterocycles. The SMILES string of the molecule is CCCC(=O)[S-].[Au+]. The van der Waals surface area contributed by atoms with E-state index in [1.165, 1.54) is 0 Å². The van der Waals surface area contributed by atoms with Crippen molar-refractivity contribution in [3.8, 4) is 0 Å². The Hall–Kier alpha value is 0.630. The summed E-state index contributed by atoms with van der Waals surface area (Å²) in [6.07, 6.45) is 1.43. The molecule has 0 bridgehead atoms. The smallest absolute Gasteiger partial charge is 0.742 e. The minimum Gasteiger partial charge on any atom is -0.742 e. The van der Waals surface area contributed by atoms with Gasteiger partial charge in [-0.25, -0.2) is 0 Å². The van der Waals surface area contributed by atoms with E-state index >= 15 is 0 Å². The van der Waals surface area contributed by atoms with E-state index in [9.17, 15) is 4.79 Å². The van der Waals surface area contributed by atoms with Crippen molar-refractivity contribution in [1.82, 2.24) is 0 Å². The van der Waals surface area contributed by atoms with Crippen LogP contribution in [0.1, 0.15) is 19.8 Å². The van der Waals surface area contributed by atoms with Crippen LogP contribution in [0.4, 0.5) is 0 Å². The Kier molecular flexibility index (Phi) is 10.0. The second-order valence-corrected chi connectivity index (χ2v) is 1.58. The molecule has 0 radical (unpaired) electrons. The second kappa shape index (κ2) is 6.63. The molecule has 0 aromatic carbocycles. The fraction of sp³-hybridized carbons (Fsp3) is 0.750. The van der Waals surface area contributed by atoms with Gasteiger partial charge in [-0.05, 0) is 6.42 Å². The van der Waals surface area contributed by atoms with Crippen LogP contribution in [0.2, 0.25) is 0 Å². The first-order valence-corrected chi connectivity index (χ1v) is 2.38. The molecular formula is C4H7AuOS. The minimum atomic E-state index is -0.127. The van der Waals surface area contributed by atoms with Gasteiger partial charge in [-0.15, -0.1) is 0 Å². The average Bonchev–Trinajstić information content (AvgIpc) is 1.35. The molecule has 0 saturated carbocycles. The van der Waals surface area contributed by atoms with Crippen LogP contribution in [-0.4, -0.2) is 5.12 Å². The van der Waals surface area contributed by atoms with Gasteiger partial charge in [0.15, 0.2) is 0 Å². The summed E-state index contributed by atoms with van der Waals surface area (Å²) in [6, 6.07) is 0. The molecule has 0 aromatic rings. The quantitative estimate of drug-likeness (QED) is 0.556. The summed E-state index contributed by atoms with van der Waals surface area (Å²) in [5.74, 6) is 0. The van der Waals surface area contributed by atoms with Crippen LogP contribution in [0, 0.1) is 0 Å². The van der Waals surface area contributed by atoms with Crippen LogP contribution in [0.5, 0.6) is 0 Å². The van der Waals surface area contributed by atoms with Crippen molar-refractivity contribution >= 4 is 17.7 Å².